The van der Waals surface area contributed by atoms with Gasteiger partial charge in [0.25, 0.3) is 0 Å². The summed E-state index contributed by atoms with van der Waals surface area (Å²) in [4.78, 5) is 10.1. The molecule has 0 aliphatic carbocycles. The second kappa shape index (κ2) is 13.3. The molecule has 0 fully saturated rings. The van der Waals surface area contributed by atoms with Crippen molar-refractivity contribution in [2.24, 2.45) is 0 Å². The first kappa shape index (κ1) is 33.2. The third-order valence-electron chi connectivity index (χ3n) is 11.5. The molecule has 0 atom stereocenters. The zero-order valence-electron chi connectivity index (χ0n) is 31.7. The SMILES string of the molecule is C1=Cc2ccc(-c3ccc4c(c3)c3nc(-c5ccccc5)ccc3n4-c3ccccn3)cc2-c2cc3oc4ccccc4c3cc2Oc2ccccc2-c2ccccc21. The van der Waals surface area contributed by atoms with Gasteiger partial charge >= 0.3 is 0 Å². The van der Waals surface area contributed by atoms with Gasteiger partial charge in [0.15, 0.2) is 0 Å². The van der Waals surface area contributed by atoms with Crippen molar-refractivity contribution >= 4 is 56.0 Å². The molecule has 0 bridgehead atoms. The van der Waals surface area contributed by atoms with Crippen LogP contribution >= 0.6 is 0 Å². The number of hydrogen-bond acceptors (Lipinski definition) is 4. The molecule has 0 unspecified atom stereocenters. The van der Waals surface area contributed by atoms with Gasteiger partial charge in [-0.15, -0.1) is 0 Å². The Morgan fingerprint density at radius 2 is 1.17 bits per heavy atom. The van der Waals surface area contributed by atoms with Crippen LogP contribution in [0.5, 0.6) is 11.5 Å². The van der Waals surface area contributed by atoms with Gasteiger partial charge in [-0.25, -0.2) is 9.97 Å². The normalized spacial score (nSPS) is 12.1. The Morgan fingerprint density at radius 3 is 2.07 bits per heavy atom. The lowest BCUT2D eigenvalue weighted by Gasteiger charge is -2.17. The van der Waals surface area contributed by atoms with E-state index in [0.29, 0.717) is 0 Å². The molecule has 7 aromatic carbocycles. The third kappa shape index (κ3) is 5.47. The van der Waals surface area contributed by atoms with Crippen molar-refractivity contribution < 1.29 is 9.15 Å². The van der Waals surface area contributed by atoms with Gasteiger partial charge in [0, 0.05) is 39.0 Å². The minimum Gasteiger partial charge on any atom is -0.456 e. The molecule has 0 saturated heterocycles. The van der Waals surface area contributed by atoms with E-state index in [4.69, 9.17) is 19.1 Å². The molecule has 0 radical (unpaired) electrons. The Labute approximate surface area is 339 Å². The number of ether oxygens (including phenoxy) is 1. The van der Waals surface area contributed by atoms with Crippen molar-refractivity contribution in [2.45, 2.75) is 0 Å². The van der Waals surface area contributed by atoms with E-state index in [2.05, 4.69) is 156 Å². The van der Waals surface area contributed by atoms with Crippen LogP contribution in [0.4, 0.5) is 0 Å². The molecule has 0 saturated carbocycles. The zero-order chi connectivity index (χ0) is 38.9. The second-order valence-corrected chi connectivity index (χ2v) is 14.9. The Bertz CT molecular complexity index is 3470. The van der Waals surface area contributed by atoms with Gasteiger partial charge in [0.2, 0.25) is 0 Å². The van der Waals surface area contributed by atoms with E-state index < -0.39 is 0 Å². The van der Waals surface area contributed by atoms with Crippen LogP contribution in [0, 0.1) is 0 Å². The van der Waals surface area contributed by atoms with Crippen molar-refractivity contribution in [3.05, 3.63) is 199 Å². The number of nitrogens with zero attached hydrogens (tertiary/aromatic N) is 3. The van der Waals surface area contributed by atoms with Crippen LogP contribution in [-0.2, 0) is 0 Å². The number of aromatic nitrogens is 3. The summed E-state index contributed by atoms with van der Waals surface area (Å²) in [6.07, 6.45) is 6.27. The van der Waals surface area contributed by atoms with E-state index in [1.54, 1.807) is 0 Å². The lowest BCUT2D eigenvalue weighted by Crippen LogP contribution is -1.96. The summed E-state index contributed by atoms with van der Waals surface area (Å²) in [5.74, 6) is 2.40. The van der Waals surface area contributed by atoms with Gasteiger partial charge < -0.3 is 9.15 Å². The molecule has 0 spiro atoms. The quantitative estimate of drug-likeness (QED) is 0.180. The first-order chi connectivity index (χ1) is 29.2. The molecule has 4 aromatic heterocycles. The highest BCUT2D eigenvalue weighted by Gasteiger charge is 2.21. The Hall–Kier alpha value is -8.02. The fraction of sp³-hybridized carbons (Fsp3) is 0. The van der Waals surface area contributed by atoms with E-state index in [1.165, 1.54) is 0 Å². The van der Waals surface area contributed by atoms with E-state index in [0.717, 1.165) is 117 Å². The van der Waals surface area contributed by atoms with Crippen LogP contribution in [-0.4, -0.2) is 14.5 Å². The highest BCUT2D eigenvalue weighted by molar-refractivity contribution is 6.10. The minimum atomic E-state index is 0.759. The largest absolute Gasteiger partial charge is 0.456 e. The molecule has 5 nitrogen and oxygen atoms in total. The van der Waals surface area contributed by atoms with Gasteiger partial charge in [-0.2, -0.15) is 0 Å². The summed E-state index contributed by atoms with van der Waals surface area (Å²) < 4.78 is 15.8. The number of pyridine rings is 2. The van der Waals surface area contributed by atoms with E-state index in [-0.39, 0.29) is 0 Å². The molecular formula is C54H33N3O2. The predicted octanol–water partition coefficient (Wildman–Crippen LogP) is 14.4. The molecule has 59 heavy (non-hydrogen) atoms. The molecule has 1 aliphatic rings. The average molecular weight is 756 g/mol. The van der Waals surface area contributed by atoms with Gasteiger partial charge in [-0.3, -0.25) is 4.57 Å². The lowest BCUT2D eigenvalue weighted by molar-refractivity contribution is 0.487. The van der Waals surface area contributed by atoms with Crippen LogP contribution in [0.3, 0.4) is 0 Å². The van der Waals surface area contributed by atoms with Crippen LogP contribution in [0.2, 0.25) is 0 Å². The van der Waals surface area contributed by atoms with Gasteiger partial charge in [-0.1, -0.05) is 127 Å². The number of para-hydroxylation sites is 2. The Morgan fingerprint density at radius 1 is 0.424 bits per heavy atom. The maximum Gasteiger partial charge on any atom is 0.137 e. The minimum absolute atomic E-state index is 0.759. The molecule has 1 aliphatic heterocycles. The maximum atomic E-state index is 7.07. The second-order valence-electron chi connectivity index (χ2n) is 14.9. The van der Waals surface area contributed by atoms with Gasteiger partial charge in [0.1, 0.15) is 28.5 Å². The molecule has 276 valence electrons. The molecule has 0 amide bonds. The average Bonchev–Trinajstić information content (AvgIpc) is 3.82. The fourth-order valence-corrected chi connectivity index (χ4v) is 8.69. The summed E-state index contributed by atoms with van der Waals surface area (Å²) in [6, 6.07) is 63.3. The van der Waals surface area contributed by atoms with Crippen molar-refractivity contribution in [1.82, 2.24) is 14.5 Å². The molecule has 12 rings (SSSR count). The third-order valence-corrected chi connectivity index (χ3v) is 11.5. The van der Waals surface area contributed by atoms with Gasteiger partial charge in [-0.05, 0) is 100 Å². The molecule has 11 aromatic rings. The highest BCUT2D eigenvalue weighted by Crippen LogP contribution is 2.46. The fourth-order valence-electron chi connectivity index (χ4n) is 8.69. The van der Waals surface area contributed by atoms with E-state index in [1.807, 2.05) is 48.7 Å². The van der Waals surface area contributed by atoms with Crippen molar-refractivity contribution in [2.75, 3.05) is 0 Å². The van der Waals surface area contributed by atoms with Crippen molar-refractivity contribution in [3.8, 4) is 62.0 Å². The topological polar surface area (TPSA) is 53.1 Å². The van der Waals surface area contributed by atoms with Crippen LogP contribution in [0.1, 0.15) is 11.1 Å². The zero-order valence-corrected chi connectivity index (χ0v) is 31.7. The predicted molar refractivity (Wildman–Crippen MR) is 241 cm³/mol. The number of benzene rings is 7. The Kier molecular flexibility index (Phi) is 7.47. The lowest BCUT2D eigenvalue weighted by atomic mass is 9.92. The first-order valence-electron chi connectivity index (χ1n) is 19.8. The van der Waals surface area contributed by atoms with E-state index >= 15 is 0 Å². The first-order valence-corrected chi connectivity index (χ1v) is 19.8. The summed E-state index contributed by atoms with van der Waals surface area (Å²) >= 11 is 0. The van der Waals surface area contributed by atoms with E-state index in [9.17, 15) is 0 Å². The van der Waals surface area contributed by atoms with Crippen LogP contribution < -0.4 is 4.74 Å². The molecule has 5 heterocycles. The summed E-state index contributed by atoms with van der Waals surface area (Å²) in [7, 11) is 0. The number of furan rings is 1. The molecular weight excluding hydrogens is 723 g/mol. The summed E-state index contributed by atoms with van der Waals surface area (Å²) in [5.41, 5.74) is 15.1. The van der Waals surface area contributed by atoms with Crippen molar-refractivity contribution in [3.63, 3.8) is 0 Å². The van der Waals surface area contributed by atoms with Crippen LogP contribution in [0.15, 0.2) is 193 Å². The molecule has 5 heteroatoms. The Balaban J connectivity index is 1.10. The number of fused-ring (bicyclic) bond motifs is 12. The standard InChI is InChI=1S/C54H33N3O2/c1-2-13-36(14-3-1)46-26-28-48-54(56-46)45-31-38(25-27-47(45)57(48)53-20-10-11-29-55-53)37-24-23-35-22-21-34-12-4-5-15-39(34)40-16-6-8-18-49(40)58-52-32-43-41-17-7-9-19-50(41)59-51(43)33-44(52)42(35)30-37/h1-33H. The smallest absolute Gasteiger partial charge is 0.137 e. The van der Waals surface area contributed by atoms with Crippen LogP contribution in [0.25, 0.3) is 106 Å². The maximum absolute atomic E-state index is 7.07. The monoisotopic (exact) mass is 755 g/mol. The highest BCUT2D eigenvalue weighted by atomic mass is 16.5. The summed E-state index contributed by atoms with van der Waals surface area (Å²) in [5, 5.41) is 3.12. The van der Waals surface area contributed by atoms with Crippen molar-refractivity contribution in [1.29, 1.82) is 0 Å². The molecule has 0 N–H and O–H groups in total. The van der Waals surface area contributed by atoms with Gasteiger partial charge in [0.05, 0.1) is 22.2 Å². The number of hydrogen-bond donors (Lipinski definition) is 0. The summed E-state index contributed by atoms with van der Waals surface area (Å²) in [6.45, 7) is 0. The number of rotatable bonds is 3.